The summed E-state index contributed by atoms with van der Waals surface area (Å²) < 4.78 is 9.04. The average molecular weight is 653 g/mol. The summed E-state index contributed by atoms with van der Waals surface area (Å²) in [6.45, 7) is 0. The van der Waals surface area contributed by atoms with Crippen LogP contribution in [0.15, 0.2) is 199 Å². The quantitative estimate of drug-likeness (QED) is 0.178. The van der Waals surface area contributed by atoms with Gasteiger partial charge in [-0.1, -0.05) is 146 Å². The van der Waals surface area contributed by atoms with Gasteiger partial charge in [0.1, 0.15) is 5.58 Å². The van der Waals surface area contributed by atoms with Crippen LogP contribution in [0.4, 0.5) is 17.1 Å². The van der Waals surface area contributed by atoms with Crippen LogP contribution < -0.4 is 4.90 Å². The minimum atomic E-state index is 0.864. The Balaban J connectivity index is 1.19. The van der Waals surface area contributed by atoms with Crippen LogP contribution in [0.25, 0.3) is 71.7 Å². The second-order valence-corrected chi connectivity index (χ2v) is 12.9. The summed E-state index contributed by atoms with van der Waals surface area (Å²) in [5.74, 6) is 0. The van der Waals surface area contributed by atoms with E-state index in [0.29, 0.717) is 0 Å². The first-order valence-electron chi connectivity index (χ1n) is 17.4. The maximum atomic E-state index is 6.63. The molecule has 0 unspecified atom stereocenters. The highest BCUT2D eigenvalue weighted by molar-refractivity contribution is 6.14. The van der Waals surface area contributed by atoms with Crippen LogP contribution in [0.2, 0.25) is 0 Å². The Morgan fingerprint density at radius 2 is 0.980 bits per heavy atom. The minimum Gasteiger partial charge on any atom is -0.454 e. The number of aromatic nitrogens is 1. The topological polar surface area (TPSA) is 21.3 Å². The van der Waals surface area contributed by atoms with Gasteiger partial charge in [0.05, 0.1) is 22.4 Å². The van der Waals surface area contributed by atoms with E-state index < -0.39 is 0 Å². The van der Waals surface area contributed by atoms with Crippen molar-refractivity contribution in [2.75, 3.05) is 4.90 Å². The van der Waals surface area contributed by atoms with Gasteiger partial charge in [0.25, 0.3) is 0 Å². The number of rotatable bonds is 6. The van der Waals surface area contributed by atoms with Crippen LogP contribution in [-0.4, -0.2) is 4.57 Å². The van der Waals surface area contributed by atoms with Crippen molar-refractivity contribution >= 4 is 60.8 Å². The molecule has 0 fully saturated rings. The molecule has 8 aromatic carbocycles. The Bertz CT molecular complexity index is 2850. The summed E-state index contributed by atoms with van der Waals surface area (Å²) in [5, 5.41) is 4.70. The standard InChI is InChI=1S/C48H32N2O/c1-3-15-33(16-4-1)37-19-7-10-25-43(37)49(45-27-14-24-42-40-21-9-12-28-46(40)51-48(42)45)36-31-29-34(30-32-36)38-22-13-23-41-39-20-8-11-26-44(39)50(47(38)41)35-17-5-2-6-18-35/h1-32H. The lowest BCUT2D eigenvalue weighted by atomic mass is 9.99. The van der Waals surface area contributed by atoms with Crippen LogP contribution in [0, 0.1) is 0 Å². The van der Waals surface area contributed by atoms with E-state index in [2.05, 4.69) is 191 Å². The Hall–Kier alpha value is -6.84. The highest BCUT2D eigenvalue weighted by atomic mass is 16.3. The van der Waals surface area contributed by atoms with Crippen molar-refractivity contribution in [3.8, 4) is 27.9 Å². The fourth-order valence-corrected chi connectivity index (χ4v) is 7.73. The van der Waals surface area contributed by atoms with Crippen molar-refractivity contribution in [3.05, 3.63) is 194 Å². The minimum absolute atomic E-state index is 0.864. The van der Waals surface area contributed by atoms with Crippen molar-refractivity contribution < 1.29 is 4.42 Å². The van der Waals surface area contributed by atoms with Gasteiger partial charge in [-0.2, -0.15) is 0 Å². The van der Waals surface area contributed by atoms with Gasteiger partial charge < -0.3 is 13.9 Å². The molecule has 51 heavy (non-hydrogen) atoms. The molecule has 0 aliphatic carbocycles. The van der Waals surface area contributed by atoms with Gasteiger partial charge in [-0.15, -0.1) is 0 Å². The lowest BCUT2D eigenvalue weighted by Crippen LogP contribution is -2.11. The van der Waals surface area contributed by atoms with Crippen LogP contribution in [0.5, 0.6) is 0 Å². The lowest BCUT2D eigenvalue weighted by molar-refractivity contribution is 0.669. The molecule has 3 nitrogen and oxygen atoms in total. The van der Waals surface area contributed by atoms with E-state index in [4.69, 9.17) is 4.42 Å². The van der Waals surface area contributed by atoms with Gasteiger partial charge in [-0.25, -0.2) is 0 Å². The molecule has 0 amide bonds. The number of hydrogen-bond acceptors (Lipinski definition) is 2. The summed E-state index contributed by atoms with van der Waals surface area (Å²) in [4.78, 5) is 2.35. The molecule has 0 spiro atoms. The summed E-state index contributed by atoms with van der Waals surface area (Å²) in [7, 11) is 0. The van der Waals surface area contributed by atoms with Gasteiger partial charge in [-0.3, -0.25) is 0 Å². The number of anilines is 3. The van der Waals surface area contributed by atoms with Gasteiger partial charge in [0, 0.05) is 44.0 Å². The van der Waals surface area contributed by atoms with E-state index in [1.54, 1.807) is 0 Å². The number of para-hydroxylation sites is 6. The number of hydrogen-bond donors (Lipinski definition) is 0. The van der Waals surface area contributed by atoms with E-state index >= 15 is 0 Å². The third-order valence-electron chi connectivity index (χ3n) is 10.00. The van der Waals surface area contributed by atoms with Crippen molar-refractivity contribution in [2.24, 2.45) is 0 Å². The molecule has 10 aromatic rings. The Morgan fingerprint density at radius 1 is 0.392 bits per heavy atom. The molecule has 2 aromatic heterocycles. The number of nitrogens with zero attached hydrogens (tertiary/aromatic N) is 2. The smallest absolute Gasteiger partial charge is 0.159 e. The molecule has 3 heteroatoms. The van der Waals surface area contributed by atoms with Crippen molar-refractivity contribution in [1.82, 2.24) is 4.57 Å². The van der Waals surface area contributed by atoms with E-state index in [1.165, 1.54) is 27.4 Å². The molecule has 0 aliphatic heterocycles. The molecule has 2 heterocycles. The summed E-state index contributed by atoms with van der Waals surface area (Å²) in [5.41, 5.74) is 13.1. The SMILES string of the molecule is c1ccc(-c2ccccc2N(c2ccc(-c3cccc4c5ccccc5n(-c5ccccc5)c34)cc2)c2cccc3c2oc2ccccc23)cc1. The molecule has 0 bridgehead atoms. The fraction of sp³-hybridized carbons (Fsp3) is 0. The zero-order valence-electron chi connectivity index (χ0n) is 27.8. The summed E-state index contributed by atoms with van der Waals surface area (Å²) in [6, 6.07) is 69.0. The number of benzene rings is 8. The van der Waals surface area contributed by atoms with Crippen molar-refractivity contribution in [2.45, 2.75) is 0 Å². The van der Waals surface area contributed by atoms with Crippen LogP contribution in [0.1, 0.15) is 0 Å². The molecule has 0 saturated heterocycles. The Morgan fingerprint density at radius 3 is 1.82 bits per heavy atom. The Labute approximate surface area is 295 Å². The van der Waals surface area contributed by atoms with Gasteiger partial charge in [-0.05, 0) is 59.7 Å². The van der Waals surface area contributed by atoms with Gasteiger partial charge >= 0.3 is 0 Å². The number of furan rings is 1. The molecule has 0 N–H and O–H groups in total. The van der Waals surface area contributed by atoms with Crippen LogP contribution >= 0.6 is 0 Å². The molecular weight excluding hydrogens is 621 g/mol. The van der Waals surface area contributed by atoms with Crippen LogP contribution in [-0.2, 0) is 0 Å². The van der Waals surface area contributed by atoms with Gasteiger partial charge in [0.15, 0.2) is 5.58 Å². The van der Waals surface area contributed by atoms with Crippen molar-refractivity contribution in [1.29, 1.82) is 0 Å². The maximum absolute atomic E-state index is 6.63. The predicted octanol–water partition coefficient (Wildman–Crippen LogP) is 13.5. The summed E-state index contributed by atoms with van der Waals surface area (Å²) in [6.07, 6.45) is 0. The van der Waals surface area contributed by atoms with E-state index in [0.717, 1.165) is 61.4 Å². The monoisotopic (exact) mass is 652 g/mol. The largest absolute Gasteiger partial charge is 0.454 e. The lowest BCUT2D eigenvalue weighted by Gasteiger charge is -2.28. The second-order valence-electron chi connectivity index (χ2n) is 12.9. The highest BCUT2D eigenvalue weighted by Crippen LogP contribution is 2.46. The fourth-order valence-electron chi connectivity index (χ4n) is 7.73. The second kappa shape index (κ2) is 11.9. The normalized spacial score (nSPS) is 11.5. The Kier molecular flexibility index (Phi) is 6.81. The predicted molar refractivity (Wildman–Crippen MR) is 214 cm³/mol. The zero-order chi connectivity index (χ0) is 33.7. The summed E-state index contributed by atoms with van der Waals surface area (Å²) >= 11 is 0. The first-order chi connectivity index (χ1) is 25.3. The first kappa shape index (κ1) is 29.1. The highest BCUT2D eigenvalue weighted by Gasteiger charge is 2.22. The third kappa shape index (κ3) is 4.74. The first-order valence-corrected chi connectivity index (χ1v) is 17.4. The average Bonchev–Trinajstić information content (AvgIpc) is 3.76. The van der Waals surface area contributed by atoms with E-state index in [-0.39, 0.29) is 0 Å². The molecular formula is C48H32N2O. The molecule has 10 rings (SSSR count). The zero-order valence-corrected chi connectivity index (χ0v) is 27.8. The maximum Gasteiger partial charge on any atom is 0.159 e. The molecule has 0 saturated carbocycles. The molecule has 0 atom stereocenters. The molecule has 240 valence electrons. The van der Waals surface area contributed by atoms with Gasteiger partial charge in [0.2, 0.25) is 0 Å². The third-order valence-corrected chi connectivity index (χ3v) is 10.00. The van der Waals surface area contributed by atoms with Crippen LogP contribution in [0.3, 0.4) is 0 Å². The molecule has 0 aliphatic rings. The van der Waals surface area contributed by atoms with E-state index in [9.17, 15) is 0 Å². The van der Waals surface area contributed by atoms with Crippen molar-refractivity contribution in [3.63, 3.8) is 0 Å². The van der Waals surface area contributed by atoms with E-state index in [1.807, 2.05) is 12.1 Å². The molecule has 0 radical (unpaired) electrons. The number of fused-ring (bicyclic) bond motifs is 6.